The maximum atomic E-state index is 13.2. The van der Waals surface area contributed by atoms with Crippen LogP contribution in [0.25, 0.3) is 21.8 Å². The first-order valence-corrected chi connectivity index (χ1v) is 11.4. The number of benzene rings is 2. The van der Waals surface area contributed by atoms with Crippen LogP contribution in [0, 0.1) is 6.92 Å². The molecule has 4 aromatic rings. The lowest BCUT2D eigenvalue weighted by Crippen LogP contribution is -2.25. The fourth-order valence-electron chi connectivity index (χ4n) is 4.16. The molecule has 0 radical (unpaired) electrons. The van der Waals surface area contributed by atoms with Gasteiger partial charge in [0.15, 0.2) is 11.5 Å². The lowest BCUT2D eigenvalue weighted by Gasteiger charge is -2.14. The number of pyridine rings is 1. The second kappa shape index (κ2) is 10.3. The van der Waals surface area contributed by atoms with E-state index >= 15 is 0 Å². The SMILES string of the molecule is COc1cc(CNC(=O)CCCn2c(=O)c3c(C)onc3c3c(Cl)cccc32)cc(OC)c1OC. The Bertz CT molecular complexity index is 1430. The van der Waals surface area contributed by atoms with E-state index in [0.29, 0.717) is 69.3 Å². The van der Waals surface area contributed by atoms with Crippen LogP contribution in [-0.2, 0) is 17.9 Å². The summed E-state index contributed by atoms with van der Waals surface area (Å²) in [4.78, 5) is 25.7. The molecule has 184 valence electrons. The van der Waals surface area contributed by atoms with Crippen molar-refractivity contribution in [1.29, 1.82) is 0 Å². The van der Waals surface area contributed by atoms with Crippen molar-refractivity contribution >= 4 is 39.3 Å². The first-order valence-electron chi connectivity index (χ1n) is 11.0. The molecule has 2 heterocycles. The fourth-order valence-corrected chi connectivity index (χ4v) is 4.42. The molecule has 4 rings (SSSR count). The highest BCUT2D eigenvalue weighted by molar-refractivity contribution is 6.37. The Morgan fingerprint density at radius 1 is 1.11 bits per heavy atom. The number of nitrogens with one attached hydrogen (secondary N) is 1. The summed E-state index contributed by atoms with van der Waals surface area (Å²) in [7, 11) is 4.61. The number of halogens is 1. The van der Waals surface area contributed by atoms with E-state index in [4.69, 9.17) is 30.3 Å². The van der Waals surface area contributed by atoms with E-state index in [2.05, 4.69) is 10.5 Å². The number of hydrogen-bond donors (Lipinski definition) is 1. The summed E-state index contributed by atoms with van der Waals surface area (Å²) in [6.07, 6.45) is 0.692. The molecule has 0 atom stereocenters. The van der Waals surface area contributed by atoms with Gasteiger partial charge in [-0.05, 0) is 43.2 Å². The van der Waals surface area contributed by atoms with Crippen LogP contribution in [-0.4, -0.2) is 37.0 Å². The van der Waals surface area contributed by atoms with Gasteiger partial charge in [-0.1, -0.05) is 22.8 Å². The molecule has 0 bridgehead atoms. The number of methoxy groups -OCH3 is 3. The average molecular weight is 500 g/mol. The van der Waals surface area contributed by atoms with E-state index in [0.717, 1.165) is 5.56 Å². The predicted octanol–water partition coefficient (Wildman–Crippen LogP) is 4.23. The van der Waals surface area contributed by atoms with Gasteiger partial charge in [-0.15, -0.1) is 0 Å². The van der Waals surface area contributed by atoms with Gasteiger partial charge in [-0.2, -0.15) is 0 Å². The number of carbonyl (C=O) groups excluding carboxylic acids is 1. The topological polar surface area (TPSA) is 105 Å². The van der Waals surface area contributed by atoms with Gasteiger partial charge in [0.25, 0.3) is 5.56 Å². The molecule has 0 fully saturated rings. The summed E-state index contributed by atoms with van der Waals surface area (Å²) in [5.41, 5.74) is 1.69. The van der Waals surface area contributed by atoms with Gasteiger partial charge in [0.1, 0.15) is 16.7 Å². The standard InChI is InChI=1S/C25H26ClN3O6/c1-14-21-23(28-35-14)22-16(26)7-5-8-17(22)29(25(21)31)10-6-9-20(30)27-13-15-11-18(32-2)24(34-4)19(12-15)33-3/h5,7-8,11-12H,6,9-10,13H2,1-4H3,(H,27,30). The van der Waals surface area contributed by atoms with Gasteiger partial charge in [-0.3, -0.25) is 9.59 Å². The molecule has 2 aromatic heterocycles. The molecule has 35 heavy (non-hydrogen) atoms. The van der Waals surface area contributed by atoms with Gasteiger partial charge in [-0.25, -0.2) is 0 Å². The van der Waals surface area contributed by atoms with Crippen LogP contribution < -0.4 is 25.1 Å². The molecule has 0 spiro atoms. The fraction of sp³-hybridized carbons (Fsp3) is 0.320. The van der Waals surface area contributed by atoms with Crippen LogP contribution in [0.15, 0.2) is 39.6 Å². The minimum atomic E-state index is -0.216. The summed E-state index contributed by atoms with van der Waals surface area (Å²) in [6, 6.07) is 8.92. The summed E-state index contributed by atoms with van der Waals surface area (Å²) in [5, 5.41) is 8.48. The second-order valence-electron chi connectivity index (χ2n) is 7.97. The highest BCUT2D eigenvalue weighted by Crippen LogP contribution is 2.38. The van der Waals surface area contributed by atoms with Crippen molar-refractivity contribution in [1.82, 2.24) is 15.0 Å². The van der Waals surface area contributed by atoms with E-state index in [-0.39, 0.29) is 17.9 Å². The van der Waals surface area contributed by atoms with Crippen molar-refractivity contribution in [2.75, 3.05) is 21.3 Å². The number of aromatic nitrogens is 2. The van der Waals surface area contributed by atoms with Crippen molar-refractivity contribution in [3.8, 4) is 17.2 Å². The number of amides is 1. The molecule has 0 aliphatic carbocycles. The predicted molar refractivity (Wildman–Crippen MR) is 133 cm³/mol. The molecule has 2 aromatic carbocycles. The van der Waals surface area contributed by atoms with E-state index < -0.39 is 0 Å². The number of ether oxygens (including phenoxy) is 3. The Morgan fingerprint density at radius 3 is 2.49 bits per heavy atom. The molecule has 0 aliphatic heterocycles. The number of fused-ring (bicyclic) bond motifs is 3. The quantitative estimate of drug-likeness (QED) is 0.367. The lowest BCUT2D eigenvalue weighted by molar-refractivity contribution is -0.121. The maximum absolute atomic E-state index is 13.2. The number of rotatable bonds is 9. The maximum Gasteiger partial charge on any atom is 0.264 e. The van der Waals surface area contributed by atoms with Crippen LogP contribution in [0.4, 0.5) is 0 Å². The van der Waals surface area contributed by atoms with Crippen molar-refractivity contribution < 1.29 is 23.5 Å². The van der Waals surface area contributed by atoms with Crippen molar-refractivity contribution in [3.05, 3.63) is 57.0 Å². The molecule has 9 nitrogen and oxygen atoms in total. The number of carbonyl (C=O) groups is 1. The third-order valence-electron chi connectivity index (χ3n) is 5.84. The zero-order valence-corrected chi connectivity index (χ0v) is 20.7. The van der Waals surface area contributed by atoms with E-state index in [9.17, 15) is 9.59 Å². The first kappa shape index (κ1) is 24.4. The van der Waals surface area contributed by atoms with Gasteiger partial charge >= 0.3 is 0 Å². The largest absolute Gasteiger partial charge is 0.493 e. The molecular formula is C25H26ClN3O6. The molecule has 1 N–H and O–H groups in total. The van der Waals surface area contributed by atoms with Gasteiger partial charge in [0.05, 0.1) is 31.9 Å². The molecule has 0 aliphatic rings. The summed E-state index contributed by atoms with van der Waals surface area (Å²) >= 11 is 6.43. The van der Waals surface area contributed by atoms with Crippen LogP contribution in [0.5, 0.6) is 17.2 Å². The van der Waals surface area contributed by atoms with Crippen LogP contribution in [0.1, 0.15) is 24.2 Å². The highest BCUT2D eigenvalue weighted by Gasteiger charge is 2.19. The number of nitrogens with zero attached hydrogens (tertiary/aromatic N) is 2. The molecule has 10 heteroatoms. The number of hydrogen-bond acceptors (Lipinski definition) is 7. The minimum absolute atomic E-state index is 0.142. The Kier molecular flexibility index (Phi) is 7.16. The number of aryl methyl sites for hydroxylation is 2. The minimum Gasteiger partial charge on any atom is -0.493 e. The van der Waals surface area contributed by atoms with Gasteiger partial charge < -0.3 is 28.6 Å². The van der Waals surface area contributed by atoms with Crippen LogP contribution in [0.3, 0.4) is 0 Å². The normalized spacial score (nSPS) is 11.1. The van der Waals surface area contributed by atoms with Crippen molar-refractivity contribution in [2.24, 2.45) is 0 Å². The van der Waals surface area contributed by atoms with Crippen molar-refractivity contribution in [3.63, 3.8) is 0 Å². The first-order chi connectivity index (χ1) is 16.9. The Balaban J connectivity index is 1.47. The second-order valence-corrected chi connectivity index (χ2v) is 8.37. The Morgan fingerprint density at radius 2 is 1.83 bits per heavy atom. The third kappa shape index (κ3) is 4.64. The van der Waals surface area contributed by atoms with Gasteiger partial charge in [0.2, 0.25) is 11.7 Å². The Hall–Kier alpha value is -3.72. The Labute approximate surface area is 206 Å². The third-order valence-corrected chi connectivity index (χ3v) is 6.16. The monoisotopic (exact) mass is 499 g/mol. The van der Waals surface area contributed by atoms with E-state index in [1.165, 1.54) is 21.3 Å². The van der Waals surface area contributed by atoms with Gasteiger partial charge in [0, 0.05) is 24.9 Å². The van der Waals surface area contributed by atoms with E-state index in [1.807, 2.05) is 6.07 Å². The zero-order valence-electron chi connectivity index (χ0n) is 19.9. The average Bonchev–Trinajstić information content (AvgIpc) is 3.25. The molecule has 0 saturated heterocycles. The zero-order chi connectivity index (χ0) is 25.1. The molecule has 0 saturated carbocycles. The van der Waals surface area contributed by atoms with Crippen LogP contribution in [0.2, 0.25) is 5.02 Å². The molecular weight excluding hydrogens is 474 g/mol. The van der Waals surface area contributed by atoms with E-state index in [1.54, 1.807) is 35.8 Å². The van der Waals surface area contributed by atoms with Crippen molar-refractivity contribution in [2.45, 2.75) is 32.9 Å². The molecule has 0 unspecified atom stereocenters. The lowest BCUT2D eigenvalue weighted by atomic mass is 10.1. The van der Waals surface area contributed by atoms with Crippen LogP contribution >= 0.6 is 11.6 Å². The smallest absolute Gasteiger partial charge is 0.264 e. The molecule has 1 amide bonds. The highest BCUT2D eigenvalue weighted by atomic mass is 35.5. The summed E-state index contributed by atoms with van der Waals surface area (Å²) < 4.78 is 22.9. The summed E-state index contributed by atoms with van der Waals surface area (Å²) in [6.45, 7) is 2.33. The summed E-state index contributed by atoms with van der Waals surface area (Å²) in [5.74, 6) is 1.81.